The van der Waals surface area contributed by atoms with Crippen LogP contribution in [0.15, 0.2) is 28.4 Å². The number of sulfonamides is 1. The molecule has 0 aromatic carbocycles. The Hall–Kier alpha value is -1.67. The quantitative estimate of drug-likeness (QED) is 0.770. The van der Waals surface area contributed by atoms with Crippen molar-refractivity contribution in [3.63, 3.8) is 0 Å². The van der Waals surface area contributed by atoms with Crippen molar-refractivity contribution in [3.8, 4) is 0 Å². The Morgan fingerprint density at radius 1 is 1.45 bits per heavy atom. The number of aliphatic carboxylic acids is 1. The minimum Gasteiger partial charge on any atom is -0.478 e. The molecule has 3 aliphatic rings. The van der Waals surface area contributed by atoms with E-state index in [2.05, 4.69) is 4.99 Å². The van der Waals surface area contributed by atoms with Crippen LogP contribution in [0.3, 0.4) is 0 Å². The van der Waals surface area contributed by atoms with E-state index < -0.39 is 27.5 Å². The Morgan fingerprint density at radius 2 is 2.15 bits per heavy atom. The lowest BCUT2D eigenvalue weighted by atomic mass is 10.0. The third-order valence-corrected chi connectivity index (χ3v) is 6.13. The van der Waals surface area contributed by atoms with Crippen LogP contribution in [-0.4, -0.2) is 41.1 Å². The summed E-state index contributed by atoms with van der Waals surface area (Å²) < 4.78 is 26.1. The number of hydrogen-bond acceptors (Lipinski definition) is 5. The maximum Gasteiger partial charge on any atom is 0.331 e. The molecule has 0 spiro atoms. The van der Waals surface area contributed by atoms with E-state index in [4.69, 9.17) is 10.8 Å². The Bertz CT molecular complexity index is 658. The van der Waals surface area contributed by atoms with Gasteiger partial charge in [0.2, 0.25) is 10.0 Å². The Labute approximate surface area is 116 Å². The first-order valence-corrected chi connectivity index (χ1v) is 7.92. The fourth-order valence-corrected chi connectivity index (χ4v) is 4.56. The number of rotatable bonds is 3. The third kappa shape index (κ3) is 1.87. The molecule has 0 aromatic rings. The van der Waals surface area contributed by atoms with Crippen LogP contribution in [0.5, 0.6) is 0 Å². The molecule has 3 rings (SSSR count). The molecule has 1 saturated carbocycles. The molecule has 0 amide bonds. The largest absolute Gasteiger partial charge is 0.478 e. The van der Waals surface area contributed by atoms with Crippen molar-refractivity contribution in [1.29, 1.82) is 0 Å². The smallest absolute Gasteiger partial charge is 0.331 e. The van der Waals surface area contributed by atoms with E-state index in [1.165, 1.54) is 6.08 Å². The van der Waals surface area contributed by atoms with Gasteiger partial charge < -0.3 is 5.11 Å². The zero-order valence-electron chi connectivity index (χ0n) is 10.7. The standard InChI is InChI=1S/C12H15N3O4S/c13-12-14-9-6-7(11(16)17)4-5-10(9)15(12)20(18,19)8-2-1-3-8/h5-6,8,12H,1-4,13H2,(H,16,17). The third-order valence-electron chi connectivity index (χ3n) is 3.86. The van der Waals surface area contributed by atoms with Gasteiger partial charge in [-0.05, 0) is 25.3 Å². The number of hydrogen-bond donors (Lipinski definition) is 2. The van der Waals surface area contributed by atoms with Gasteiger partial charge in [-0.1, -0.05) is 12.5 Å². The van der Waals surface area contributed by atoms with Crippen LogP contribution in [0.1, 0.15) is 25.7 Å². The van der Waals surface area contributed by atoms with Crippen LogP contribution in [0, 0.1) is 0 Å². The Kier molecular flexibility index (Phi) is 2.94. The second-order valence-electron chi connectivity index (χ2n) is 5.09. The number of carboxylic acids is 1. The van der Waals surface area contributed by atoms with E-state index in [1.54, 1.807) is 6.08 Å². The molecule has 8 heteroatoms. The number of fused-ring (bicyclic) bond motifs is 1. The number of nitrogens with two attached hydrogens (primary N) is 1. The highest BCUT2D eigenvalue weighted by atomic mass is 32.2. The molecule has 1 heterocycles. The van der Waals surface area contributed by atoms with E-state index in [0.717, 1.165) is 10.7 Å². The van der Waals surface area contributed by atoms with Crippen LogP contribution in [-0.2, 0) is 14.8 Å². The van der Waals surface area contributed by atoms with E-state index in [9.17, 15) is 13.2 Å². The highest BCUT2D eigenvalue weighted by Crippen LogP contribution is 2.35. The van der Waals surface area contributed by atoms with Gasteiger partial charge in [0.15, 0.2) is 6.29 Å². The normalized spacial score (nSPS) is 26.4. The summed E-state index contributed by atoms with van der Waals surface area (Å²) in [6.07, 6.45) is 4.34. The Balaban J connectivity index is 1.93. The van der Waals surface area contributed by atoms with Crippen molar-refractivity contribution < 1.29 is 18.3 Å². The minimum atomic E-state index is -3.51. The molecule has 0 radical (unpaired) electrons. The second kappa shape index (κ2) is 4.42. The van der Waals surface area contributed by atoms with E-state index in [-0.39, 0.29) is 12.0 Å². The highest BCUT2D eigenvalue weighted by molar-refractivity contribution is 7.90. The van der Waals surface area contributed by atoms with Crippen molar-refractivity contribution in [2.75, 3.05) is 0 Å². The van der Waals surface area contributed by atoms with Crippen LogP contribution in [0.2, 0.25) is 0 Å². The lowest BCUT2D eigenvalue weighted by Gasteiger charge is -2.33. The maximum atomic E-state index is 12.5. The SMILES string of the molecule is NC1N=C2C=C(C(=O)O)CC=C2N1S(=O)(=O)C1CCC1. The zero-order valence-corrected chi connectivity index (χ0v) is 11.5. The van der Waals surface area contributed by atoms with Gasteiger partial charge in [0.25, 0.3) is 0 Å². The summed E-state index contributed by atoms with van der Waals surface area (Å²) in [5.74, 6) is -1.03. The monoisotopic (exact) mass is 297 g/mol. The summed E-state index contributed by atoms with van der Waals surface area (Å²) in [5, 5.41) is 8.58. The van der Waals surface area contributed by atoms with Gasteiger partial charge in [-0.15, -0.1) is 0 Å². The van der Waals surface area contributed by atoms with Gasteiger partial charge in [0.05, 0.1) is 16.7 Å². The molecule has 0 saturated heterocycles. The van der Waals surface area contributed by atoms with Crippen LogP contribution in [0.25, 0.3) is 0 Å². The first-order chi connectivity index (χ1) is 9.41. The molecular weight excluding hydrogens is 282 g/mol. The molecular formula is C12H15N3O4S. The van der Waals surface area contributed by atoms with E-state index in [1.807, 2.05) is 0 Å². The summed E-state index contributed by atoms with van der Waals surface area (Å²) in [6.45, 7) is 0. The van der Waals surface area contributed by atoms with Gasteiger partial charge in [-0.3, -0.25) is 5.73 Å². The number of allylic oxidation sites excluding steroid dienone is 2. The zero-order chi connectivity index (χ0) is 14.5. The highest BCUT2D eigenvalue weighted by Gasteiger charge is 2.43. The molecule has 7 nitrogen and oxygen atoms in total. The van der Waals surface area contributed by atoms with Gasteiger partial charge in [0.1, 0.15) is 0 Å². The summed E-state index contributed by atoms with van der Waals surface area (Å²) in [6, 6.07) is 0. The van der Waals surface area contributed by atoms with Crippen molar-refractivity contribution in [3.05, 3.63) is 23.4 Å². The lowest BCUT2D eigenvalue weighted by Crippen LogP contribution is -2.47. The van der Waals surface area contributed by atoms with E-state index >= 15 is 0 Å². The molecule has 3 N–H and O–H groups in total. The maximum absolute atomic E-state index is 12.5. The fraction of sp³-hybridized carbons (Fsp3) is 0.500. The van der Waals surface area contributed by atoms with Crippen molar-refractivity contribution in [1.82, 2.24) is 4.31 Å². The summed E-state index contributed by atoms with van der Waals surface area (Å²) >= 11 is 0. The minimum absolute atomic E-state index is 0.174. The molecule has 2 aliphatic carbocycles. The molecule has 20 heavy (non-hydrogen) atoms. The van der Waals surface area contributed by atoms with Crippen molar-refractivity contribution in [2.24, 2.45) is 10.7 Å². The number of aliphatic imine (C=N–C) groups is 1. The van der Waals surface area contributed by atoms with Gasteiger partial charge >= 0.3 is 5.97 Å². The van der Waals surface area contributed by atoms with Crippen LogP contribution < -0.4 is 5.73 Å². The molecule has 108 valence electrons. The molecule has 0 bridgehead atoms. The van der Waals surface area contributed by atoms with Crippen molar-refractivity contribution >= 4 is 21.7 Å². The number of carboxylic acid groups (broad SMARTS) is 1. The van der Waals surface area contributed by atoms with Gasteiger partial charge in [-0.25, -0.2) is 22.5 Å². The first-order valence-electron chi connectivity index (χ1n) is 6.42. The average Bonchev–Trinajstić information content (AvgIpc) is 2.60. The average molecular weight is 297 g/mol. The van der Waals surface area contributed by atoms with Crippen LogP contribution in [0.4, 0.5) is 0 Å². The lowest BCUT2D eigenvalue weighted by molar-refractivity contribution is -0.132. The molecule has 1 aliphatic heterocycles. The van der Waals surface area contributed by atoms with E-state index in [0.29, 0.717) is 24.3 Å². The number of carbonyl (C=O) groups is 1. The summed E-state index contributed by atoms with van der Waals surface area (Å²) in [7, 11) is -3.51. The topological polar surface area (TPSA) is 113 Å². The van der Waals surface area contributed by atoms with Gasteiger partial charge in [-0.2, -0.15) is 0 Å². The number of nitrogens with zero attached hydrogens (tertiary/aromatic N) is 2. The van der Waals surface area contributed by atoms with Crippen LogP contribution >= 0.6 is 0 Å². The second-order valence-corrected chi connectivity index (χ2v) is 7.18. The molecule has 1 unspecified atom stereocenters. The Morgan fingerprint density at radius 3 is 2.70 bits per heavy atom. The predicted molar refractivity (Wildman–Crippen MR) is 72.2 cm³/mol. The molecule has 1 atom stereocenters. The summed E-state index contributed by atoms with van der Waals surface area (Å²) in [5.41, 5.74) is 6.74. The first kappa shape index (κ1) is 13.3. The molecule has 0 aromatic heterocycles. The summed E-state index contributed by atoms with van der Waals surface area (Å²) in [4.78, 5) is 15.0. The van der Waals surface area contributed by atoms with Gasteiger partial charge in [0, 0.05) is 5.57 Å². The fourth-order valence-electron chi connectivity index (χ4n) is 2.52. The predicted octanol–water partition coefficient (Wildman–Crippen LogP) is 0.166. The molecule has 1 fully saturated rings. The van der Waals surface area contributed by atoms with Crippen molar-refractivity contribution in [2.45, 2.75) is 37.2 Å².